The quantitative estimate of drug-likeness (QED) is 0.783. The highest BCUT2D eigenvalue weighted by Crippen LogP contribution is 2.30. The van der Waals surface area contributed by atoms with Gasteiger partial charge < -0.3 is 14.5 Å². The van der Waals surface area contributed by atoms with Crippen molar-refractivity contribution in [2.24, 2.45) is 4.99 Å². The predicted octanol–water partition coefficient (Wildman–Crippen LogP) is 1.33. The van der Waals surface area contributed by atoms with Gasteiger partial charge in [-0.2, -0.15) is 4.99 Å². The molecule has 2 atom stereocenters. The molecule has 1 fully saturated rings. The maximum Gasteiger partial charge on any atom is 0.304 e. The summed E-state index contributed by atoms with van der Waals surface area (Å²) in [5, 5.41) is 0.647. The average molecular weight is 319 g/mol. The summed E-state index contributed by atoms with van der Waals surface area (Å²) in [7, 11) is 1.82. The van der Waals surface area contributed by atoms with E-state index >= 15 is 0 Å². The van der Waals surface area contributed by atoms with Crippen LogP contribution in [0.25, 0.3) is 0 Å². The Hall–Kier alpha value is -2.02. The summed E-state index contributed by atoms with van der Waals surface area (Å²) < 4.78 is 5.46. The molecule has 7 heteroatoms. The molecule has 6 nitrogen and oxygen atoms in total. The Morgan fingerprint density at radius 1 is 1.41 bits per heavy atom. The molecule has 0 aromatic heterocycles. The van der Waals surface area contributed by atoms with Crippen LogP contribution >= 0.6 is 11.8 Å². The molecule has 116 valence electrons. The number of rotatable bonds is 3. The van der Waals surface area contributed by atoms with Gasteiger partial charge >= 0.3 is 5.97 Å². The van der Waals surface area contributed by atoms with Crippen LogP contribution in [0.1, 0.15) is 6.92 Å². The number of thioether (sulfide) groups is 1. The fourth-order valence-corrected chi connectivity index (χ4v) is 3.66. The largest absolute Gasteiger partial charge is 0.439 e. The van der Waals surface area contributed by atoms with Crippen LogP contribution in [0.4, 0.5) is 5.69 Å². The lowest BCUT2D eigenvalue weighted by Gasteiger charge is -2.40. The SMILES string of the molecule is CC(=O)OC1C(N(C)c2ccccc2)C(=O)N=C2SCCN21. The second kappa shape index (κ2) is 6.00. The van der Waals surface area contributed by atoms with E-state index in [1.807, 2.05) is 47.2 Å². The van der Waals surface area contributed by atoms with E-state index in [0.29, 0.717) is 11.7 Å². The zero-order chi connectivity index (χ0) is 15.7. The maximum atomic E-state index is 12.5. The van der Waals surface area contributed by atoms with E-state index in [2.05, 4.69) is 4.99 Å². The van der Waals surface area contributed by atoms with Crippen molar-refractivity contribution >= 4 is 34.5 Å². The van der Waals surface area contributed by atoms with E-state index in [1.165, 1.54) is 18.7 Å². The zero-order valence-corrected chi connectivity index (χ0v) is 13.2. The van der Waals surface area contributed by atoms with Gasteiger partial charge in [0.1, 0.15) is 0 Å². The number of hydrogen-bond acceptors (Lipinski definition) is 6. The third-order valence-corrected chi connectivity index (χ3v) is 4.68. The molecule has 1 saturated heterocycles. The first-order chi connectivity index (χ1) is 10.6. The monoisotopic (exact) mass is 319 g/mol. The highest BCUT2D eigenvalue weighted by molar-refractivity contribution is 8.14. The number of fused-ring (bicyclic) bond motifs is 1. The number of benzene rings is 1. The summed E-state index contributed by atoms with van der Waals surface area (Å²) in [5.74, 6) is 0.159. The first kappa shape index (κ1) is 14.9. The minimum atomic E-state index is -0.645. The van der Waals surface area contributed by atoms with Crippen LogP contribution in [0.2, 0.25) is 0 Å². The van der Waals surface area contributed by atoms with E-state index < -0.39 is 18.2 Å². The first-order valence-corrected chi connectivity index (χ1v) is 8.03. The second-order valence-corrected chi connectivity index (χ2v) is 6.23. The van der Waals surface area contributed by atoms with Crippen molar-refractivity contribution in [2.45, 2.75) is 19.2 Å². The molecule has 1 aromatic rings. The van der Waals surface area contributed by atoms with Crippen LogP contribution in [0.3, 0.4) is 0 Å². The second-order valence-electron chi connectivity index (χ2n) is 5.17. The molecule has 1 amide bonds. The summed E-state index contributed by atoms with van der Waals surface area (Å²) in [6.45, 7) is 2.08. The van der Waals surface area contributed by atoms with Gasteiger partial charge in [0, 0.05) is 32.0 Å². The van der Waals surface area contributed by atoms with Crippen molar-refractivity contribution in [2.75, 3.05) is 24.2 Å². The number of carbonyl (C=O) groups excluding carboxylic acids is 2. The van der Waals surface area contributed by atoms with Gasteiger partial charge in [-0.05, 0) is 12.1 Å². The lowest BCUT2D eigenvalue weighted by atomic mass is 10.1. The maximum absolute atomic E-state index is 12.5. The van der Waals surface area contributed by atoms with Gasteiger partial charge in [0.2, 0.25) is 6.23 Å². The molecule has 2 heterocycles. The first-order valence-electron chi connectivity index (χ1n) is 7.05. The Balaban J connectivity index is 1.96. The summed E-state index contributed by atoms with van der Waals surface area (Å²) >= 11 is 1.52. The number of likely N-dealkylation sites (N-methyl/N-ethyl adjacent to an activating group) is 1. The molecule has 22 heavy (non-hydrogen) atoms. The number of esters is 1. The molecule has 0 aliphatic carbocycles. The Morgan fingerprint density at radius 3 is 2.82 bits per heavy atom. The number of anilines is 1. The summed E-state index contributed by atoms with van der Waals surface area (Å²) in [6, 6.07) is 8.90. The molecule has 0 saturated carbocycles. The van der Waals surface area contributed by atoms with Crippen LogP contribution in [-0.4, -0.2) is 53.6 Å². The summed E-state index contributed by atoms with van der Waals surface area (Å²) in [5.41, 5.74) is 0.878. The zero-order valence-electron chi connectivity index (χ0n) is 12.4. The number of amides is 1. The molecule has 3 rings (SSSR count). The third kappa shape index (κ3) is 2.68. The standard InChI is InChI=1S/C15H17N3O3S/c1-10(19)21-14-12(17(2)11-6-4-3-5-7-11)13(20)16-15-18(14)8-9-22-15/h3-7,12,14H,8-9H2,1-2H3. The van der Waals surface area contributed by atoms with Gasteiger partial charge in [-0.3, -0.25) is 9.59 Å². The number of amidine groups is 1. The lowest BCUT2D eigenvalue weighted by molar-refractivity contribution is -0.156. The summed E-state index contributed by atoms with van der Waals surface area (Å²) in [4.78, 5) is 31.9. The molecular weight excluding hydrogens is 302 g/mol. The smallest absolute Gasteiger partial charge is 0.304 e. The Labute approximate surface area is 133 Å². The molecule has 2 unspecified atom stereocenters. The van der Waals surface area contributed by atoms with Crippen molar-refractivity contribution < 1.29 is 14.3 Å². The van der Waals surface area contributed by atoms with E-state index in [1.54, 1.807) is 0 Å². The van der Waals surface area contributed by atoms with Gasteiger partial charge in [0.15, 0.2) is 11.2 Å². The number of nitrogens with zero attached hydrogens (tertiary/aromatic N) is 3. The lowest BCUT2D eigenvalue weighted by Crippen LogP contribution is -2.59. The highest BCUT2D eigenvalue weighted by atomic mass is 32.2. The number of carbonyl (C=O) groups is 2. The van der Waals surface area contributed by atoms with E-state index in [0.717, 1.165) is 11.4 Å². The highest BCUT2D eigenvalue weighted by Gasteiger charge is 2.45. The van der Waals surface area contributed by atoms with E-state index in [9.17, 15) is 9.59 Å². The van der Waals surface area contributed by atoms with E-state index in [-0.39, 0.29) is 5.91 Å². The normalized spacial score (nSPS) is 23.8. The molecule has 0 spiro atoms. The van der Waals surface area contributed by atoms with Crippen molar-refractivity contribution in [3.63, 3.8) is 0 Å². The van der Waals surface area contributed by atoms with Gasteiger partial charge in [0.25, 0.3) is 5.91 Å². The number of aliphatic imine (C=N–C) groups is 1. The number of hydrogen-bond donors (Lipinski definition) is 0. The van der Waals surface area contributed by atoms with Gasteiger partial charge in [0.05, 0.1) is 0 Å². The fourth-order valence-electron chi connectivity index (χ4n) is 2.68. The van der Waals surface area contributed by atoms with Crippen LogP contribution in [0.5, 0.6) is 0 Å². The molecule has 0 bridgehead atoms. The molecular formula is C15H17N3O3S. The van der Waals surface area contributed by atoms with Crippen molar-refractivity contribution in [3.05, 3.63) is 30.3 Å². The average Bonchev–Trinajstić information content (AvgIpc) is 2.95. The molecule has 0 radical (unpaired) electrons. The minimum absolute atomic E-state index is 0.279. The van der Waals surface area contributed by atoms with Gasteiger partial charge in [-0.25, -0.2) is 0 Å². The van der Waals surface area contributed by atoms with Crippen LogP contribution in [-0.2, 0) is 14.3 Å². The van der Waals surface area contributed by atoms with Crippen molar-refractivity contribution in [1.82, 2.24) is 4.90 Å². The minimum Gasteiger partial charge on any atom is -0.439 e. The Kier molecular flexibility index (Phi) is 4.06. The van der Waals surface area contributed by atoms with Gasteiger partial charge in [-0.15, -0.1) is 0 Å². The Morgan fingerprint density at radius 2 is 2.14 bits per heavy atom. The predicted molar refractivity (Wildman–Crippen MR) is 85.8 cm³/mol. The topological polar surface area (TPSA) is 62.2 Å². The van der Waals surface area contributed by atoms with Gasteiger partial charge in [-0.1, -0.05) is 30.0 Å². The molecule has 2 aliphatic heterocycles. The fraction of sp³-hybridized carbons (Fsp3) is 0.400. The van der Waals surface area contributed by atoms with Crippen LogP contribution < -0.4 is 4.90 Å². The Bertz CT molecular complexity index is 620. The van der Waals surface area contributed by atoms with Crippen LogP contribution in [0, 0.1) is 0 Å². The number of ether oxygens (including phenoxy) is 1. The van der Waals surface area contributed by atoms with Crippen LogP contribution in [0.15, 0.2) is 35.3 Å². The molecule has 1 aromatic carbocycles. The molecule has 2 aliphatic rings. The summed E-state index contributed by atoms with van der Waals surface area (Å²) in [6.07, 6.45) is -0.641. The van der Waals surface area contributed by atoms with E-state index in [4.69, 9.17) is 4.74 Å². The van der Waals surface area contributed by atoms with Crippen molar-refractivity contribution in [3.8, 4) is 0 Å². The van der Waals surface area contributed by atoms with Crippen molar-refractivity contribution in [1.29, 1.82) is 0 Å². The molecule has 0 N–H and O–H groups in total. The number of para-hydroxylation sites is 1. The third-order valence-electron chi connectivity index (χ3n) is 3.71.